The Morgan fingerprint density at radius 3 is 2.84 bits per heavy atom. The summed E-state index contributed by atoms with van der Waals surface area (Å²) in [6.07, 6.45) is 3.45. The van der Waals surface area contributed by atoms with E-state index < -0.39 is 0 Å². The lowest BCUT2D eigenvalue weighted by atomic mass is 10.2. The predicted octanol–water partition coefficient (Wildman–Crippen LogP) is 2.16. The minimum atomic E-state index is -0.212. The van der Waals surface area contributed by atoms with E-state index in [9.17, 15) is 4.79 Å². The van der Waals surface area contributed by atoms with E-state index in [1.165, 1.54) is 0 Å². The van der Waals surface area contributed by atoms with Crippen molar-refractivity contribution in [2.45, 2.75) is 39.2 Å². The maximum Gasteiger partial charge on any atom is 0.226 e. The Hall–Kier alpha value is -3.03. The summed E-state index contributed by atoms with van der Waals surface area (Å²) in [7, 11) is 0. The second kappa shape index (κ2) is 7.69. The molecular weight excluding hydrogens is 320 g/mol. The van der Waals surface area contributed by atoms with Crippen molar-refractivity contribution >= 4 is 5.91 Å². The monoisotopic (exact) mass is 340 g/mol. The summed E-state index contributed by atoms with van der Waals surface area (Å²) < 4.78 is 6.72. The lowest BCUT2D eigenvalue weighted by Crippen LogP contribution is -2.26. The van der Waals surface area contributed by atoms with E-state index in [4.69, 9.17) is 4.52 Å². The highest BCUT2D eigenvalue weighted by atomic mass is 16.5. The molecule has 0 aliphatic rings. The first-order valence-corrected chi connectivity index (χ1v) is 8.18. The van der Waals surface area contributed by atoms with Crippen LogP contribution >= 0.6 is 0 Å². The van der Waals surface area contributed by atoms with Gasteiger partial charge >= 0.3 is 0 Å². The molecule has 0 radical (unpaired) electrons. The maximum absolute atomic E-state index is 12.1. The fraction of sp³-hybridized carbons (Fsp3) is 0.353. The Kier molecular flexibility index (Phi) is 5.17. The van der Waals surface area contributed by atoms with Gasteiger partial charge in [-0.15, -0.1) is 5.10 Å². The van der Waals surface area contributed by atoms with Crippen LogP contribution in [0.15, 0.2) is 41.1 Å². The zero-order valence-electron chi connectivity index (χ0n) is 14.2. The van der Waals surface area contributed by atoms with E-state index in [-0.39, 0.29) is 11.9 Å². The smallest absolute Gasteiger partial charge is 0.226 e. The van der Waals surface area contributed by atoms with Crippen LogP contribution in [0.3, 0.4) is 0 Å². The van der Waals surface area contributed by atoms with E-state index in [0.29, 0.717) is 36.7 Å². The van der Waals surface area contributed by atoms with Crippen molar-refractivity contribution in [1.82, 2.24) is 30.5 Å². The first kappa shape index (κ1) is 16.8. The highest BCUT2D eigenvalue weighted by Crippen LogP contribution is 2.12. The molecule has 1 atom stereocenters. The average Bonchev–Trinajstić information content (AvgIpc) is 3.25. The van der Waals surface area contributed by atoms with Gasteiger partial charge in [-0.3, -0.25) is 4.79 Å². The lowest BCUT2D eigenvalue weighted by Gasteiger charge is -2.10. The number of aryl methyl sites for hydroxylation is 2. The van der Waals surface area contributed by atoms with Gasteiger partial charge in [0.1, 0.15) is 5.69 Å². The molecule has 3 aromatic rings. The van der Waals surface area contributed by atoms with Crippen molar-refractivity contribution in [2.24, 2.45) is 0 Å². The normalized spacial score (nSPS) is 12.1. The minimum absolute atomic E-state index is 0.0435. The number of benzene rings is 1. The molecule has 0 aliphatic heterocycles. The van der Waals surface area contributed by atoms with Crippen LogP contribution < -0.4 is 5.32 Å². The molecule has 1 amide bonds. The molecule has 130 valence electrons. The number of amides is 1. The van der Waals surface area contributed by atoms with Gasteiger partial charge in [0, 0.05) is 12.8 Å². The van der Waals surface area contributed by atoms with Gasteiger partial charge in [0.2, 0.25) is 11.8 Å². The van der Waals surface area contributed by atoms with Crippen LogP contribution in [0.5, 0.6) is 0 Å². The van der Waals surface area contributed by atoms with E-state index in [2.05, 4.69) is 25.8 Å². The summed E-state index contributed by atoms with van der Waals surface area (Å²) in [5, 5.41) is 14.9. The van der Waals surface area contributed by atoms with Crippen LogP contribution in [-0.4, -0.2) is 31.0 Å². The van der Waals surface area contributed by atoms with Crippen LogP contribution in [-0.2, 0) is 11.2 Å². The molecular formula is C17H20N6O2. The Morgan fingerprint density at radius 1 is 1.32 bits per heavy atom. The summed E-state index contributed by atoms with van der Waals surface area (Å²) >= 11 is 0. The van der Waals surface area contributed by atoms with Crippen LogP contribution in [0.2, 0.25) is 0 Å². The second-order valence-electron chi connectivity index (χ2n) is 5.80. The van der Waals surface area contributed by atoms with E-state index in [1.54, 1.807) is 11.6 Å². The van der Waals surface area contributed by atoms with E-state index in [1.807, 2.05) is 43.5 Å². The Bertz CT molecular complexity index is 827. The Balaban J connectivity index is 1.49. The highest BCUT2D eigenvalue weighted by Gasteiger charge is 2.14. The van der Waals surface area contributed by atoms with Gasteiger partial charge < -0.3 is 9.84 Å². The summed E-state index contributed by atoms with van der Waals surface area (Å²) in [5.74, 6) is 1.12. The fourth-order valence-corrected chi connectivity index (χ4v) is 2.41. The Morgan fingerprint density at radius 2 is 2.12 bits per heavy atom. The molecule has 25 heavy (non-hydrogen) atoms. The van der Waals surface area contributed by atoms with E-state index >= 15 is 0 Å². The molecule has 0 aliphatic carbocycles. The number of para-hydroxylation sites is 1. The Labute approximate surface area is 145 Å². The van der Waals surface area contributed by atoms with Crippen LogP contribution in [0.25, 0.3) is 5.69 Å². The van der Waals surface area contributed by atoms with Crippen LogP contribution in [0.1, 0.15) is 43.2 Å². The molecule has 0 saturated carbocycles. The van der Waals surface area contributed by atoms with Gasteiger partial charge in [-0.2, -0.15) is 4.98 Å². The third kappa shape index (κ3) is 4.50. The molecule has 8 heteroatoms. The minimum Gasteiger partial charge on any atom is -0.348 e. The largest absolute Gasteiger partial charge is 0.348 e. The number of hydrogen-bond donors (Lipinski definition) is 1. The lowest BCUT2D eigenvalue weighted by molar-refractivity contribution is -0.121. The first-order valence-electron chi connectivity index (χ1n) is 8.18. The molecule has 0 spiro atoms. The molecule has 3 rings (SSSR count). The van der Waals surface area contributed by atoms with Crippen molar-refractivity contribution in [3.05, 3.63) is 53.9 Å². The molecule has 1 aromatic carbocycles. The number of carbonyl (C=O) groups is 1. The number of hydrogen-bond acceptors (Lipinski definition) is 6. The molecule has 0 saturated heterocycles. The molecule has 0 bridgehead atoms. The molecule has 0 fully saturated rings. The topological polar surface area (TPSA) is 98.7 Å². The fourth-order valence-electron chi connectivity index (χ4n) is 2.41. The second-order valence-corrected chi connectivity index (χ2v) is 5.80. The van der Waals surface area contributed by atoms with Gasteiger partial charge in [-0.05, 0) is 32.4 Å². The highest BCUT2D eigenvalue weighted by molar-refractivity contribution is 5.76. The molecule has 8 nitrogen and oxygen atoms in total. The third-order valence-corrected chi connectivity index (χ3v) is 3.72. The van der Waals surface area contributed by atoms with Crippen molar-refractivity contribution in [1.29, 1.82) is 0 Å². The molecule has 1 N–H and O–H groups in total. The molecule has 2 heterocycles. The quantitative estimate of drug-likeness (QED) is 0.707. The maximum atomic E-state index is 12.1. The number of rotatable bonds is 7. The first-order chi connectivity index (χ1) is 12.1. The van der Waals surface area contributed by atoms with Crippen LogP contribution in [0.4, 0.5) is 0 Å². The van der Waals surface area contributed by atoms with Crippen molar-refractivity contribution in [2.75, 3.05) is 0 Å². The summed E-state index contributed by atoms with van der Waals surface area (Å²) in [6, 6.07) is 9.50. The zero-order valence-corrected chi connectivity index (χ0v) is 14.2. The predicted molar refractivity (Wildman–Crippen MR) is 89.9 cm³/mol. The number of aromatic nitrogens is 5. The van der Waals surface area contributed by atoms with Gasteiger partial charge in [0.15, 0.2) is 5.82 Å². The SMILES string of the molecule is Cc1noc(CCCC(=O)NC(C)c2cn(-c3ccccc3)nn2)n1. The summed E-state index contributed by atoms with van der Waals surface area (Å²) in [4.78, 5) is 16.2. The standard InChI is InChI=1S/C17H20N6O2/c1-12(15-11-23(22-20-15)14-7-4-3-5-8-14)18-16(24)9-6-10-17-19-13(2)21-25-17/h3-5,7-8,11-12H,6,9-10H2,1-2H3,(H,18,24). The van der Waals surface area contributed by atoms with Gasteiger partial charge in [-0.1, -0.05) is 28.6 Å². The summed E-state index contributed by atoms with van der Waals surface area (Å²) in [5.41, 5.74) is 1.64. The number of carbonyl (C=O) groups excluding carboxylic acids is 1. The molecule has 2 aromatic heterocycles. The van der Waals surface area contributed by atoms with Gasteiger partial charge in [0.05, 0.1) is 17.9 Å². The van der Waals surface area contributed by atoms with Crippen molar-refractivity contribution in [3.8, 4) is 5.69 Å². The van der Waals surface area contributed by atoms with Gasteiger partial charge in [-0.25, -0.2) is 4.68 Å². The van der Waals surface area contributed by atoms with Crippen molar-refractivity contribution in [3.63, 3.8) is 0 Å². The van der Waals surface area contributed by atoms with E-state index in [0.717, 1.165) is 5.69 Å². The zero-order chi connectivity index (χ0) is 17.6. The van der Waals surface area contributed by atoms with Crippen LogP contribution in [0, 0.1) is 6.92 Å². The van der Waals surface area contributed by atoms with Gasteiger partial charge in [0.25, 0.3) is 0 Å². The molecule has 1 unspecified atom stereocenters. The number of nitrogens with zero attached hydrogens (tertiary/aromatic N) is 5. The number of nitrogens with one attached hydrogen (secondary N) is 1. The summed E-state index contributed by atoms with van der Waals surface area (Å²) in [6.45, 7) is 3.66. The van der Waals surface area contributed by atoms with Crippen molar-refractivity contribution < 1.29 is 9.32 Å². The third-order valence-electron chi connectivity index (χ3n) is 3.72. The average molecular weight is 340 g/mol.